The van der Waals surface area contributed by atoms with Crippen molar-refractivity contribution in [1.29, 1.82) is 0 Å². The minimum Gasteiger partial charge on any atom is -0.354 e. The zero-order chi connectivity index (χ0) is 14.9. The maximum absolute atomic E-state index is 13.4. The molecule has 20 heavy (non-hydrogen) atoms. The van der Waals surface area contributed by atoms with Crippen LogP contribution in [0.4, 0.5) is 17.6 Å². The SMILES string of the molecule is O=C1CC(NC(=O)c2cc(C(F)(F)F)ccc2F)CN1. The van der Waals surface area contributed by atoms with Crippen LogP contribution in [-0.4, -0.2) is 24.4 Å². The molecule has 0 saturated carbocycles. The quantitative estimate of drug-likeness (QED) is 0.810. The molecule has 108 valence electrons. The summed E-state index contributed by atoms with van der Waals surface area (Å²) in [4.78, 5) is 22.7. The molecule has 1 aromatic carbocycles. The van der Waals surface area contributed by atoms with E-state index in [1.807, 2.05) is 0 Å². The lowest BCUT2D eigenvalue weighted by Crippen LogP contribution is -2.36. The van der Waals surface area contributed by atoms with Crippen molar-refractivity contribution in [2.75, 3.05) is 6.54 Å². The van der Waals surface area contributed by atoms with Crippen LogP contribution in [0.2, 0.25) is 0 Å². The predicted molar refractivity (Wildman–Crippen MR) is 60.3 cm³/mol. The second kappa shape index (κ2) is 5.10. The van der Waals surface area contributed by atoms with Crippen molar-refractivity contribution in [1.82, 2.24) is 10.6 Å². The van der Waals surface area contributed by atoms with Gasteiger partial charge >= 0.3 is 6.18 Å². The number of alkyl halides is 3. The van der Waals surface area contributed by atoms with E-state index in [0.717, 1.165) is 0 Å². The zero-order valence-electron chi connectivity index (χ0n) is 10.1. The van der Waals surface area contributed by atoms with Gasteiger partial charge in [-0.1, -0.05) is 0 Å². The summed E-state index contributed by atoms with van der Waals surface area (Å²) < 4.78 is 51.0. The van der Waals surface area contributed by atoms with E-state index >= 15 is 0 Å². The molecule has 1 aromatic rings. The number of benzene rings is 1. The molecule has 1 aliphatic heterocycles. The number of carbonyl (C=O) groups excluding carboxylic acids is 2. The molecule has 2 N–H and O–H groups in total. The van der Waals surface area contributed by atoms with Gasteiger partial charge in [-0.15, -0.1) is 0 Å². The van der Waals surface area contributed by atoms with Gasteiger partial charge < -0.3 is 10.6 Å². The Labute approximate surface area is 111 Å². The molecule has 2 rings (SSSR count). The Morgan fingerprint density at radius 2 is 2.05 bits per heavy atom. The third kappa shape index (κ3) is 3.06. The molecule has 1 heterocycles. The minimum absolute atomic E-state index is 0.0202. The number of carbonyl (C=O) groups is 2. The third-order valence-corrected chi connectivity index (χ3v) is 2.85. The van der Waals surface area contributed by atoms with Crippen molar-refractivity contribution in [3.05, 3.63) is 35.1 Å². The highest BCUT2D eigenvalue weighted by Gasteiger charge is 2.32. The van der Waals surface area contributed by atoms with Crippen molar-refractivity contribution in [2.45, 2.75) is 18.6 Å². The van der Waals surface area contributed by atoms with Gasteiger partial charge in [-0.2, -0.15) is 13.2 Å². The Morgan fingerprint density at radius 3 is 2.60 bits per heavy atom. The first-order valence-electron chi connectivity index (χ1n) is 5.71. The van der Waals surface area contributed by atoms with E-state index in [0.29, 0.717) is 18.2 Å². The highest BCUT2D eigenvalue weighted by Crippen LogP contribution is 2.30. The van der Waals surface area contributed by atoms with Gasteiger partial charge in [0.25, 0.3) is 5.91 Å². The van der Waals surface area contributed by atoms with E-state index in [9.17, 15) is 27.2 Å². The third-order valence-electron chi connectivity index (χ3n) is 2.85. The number of amides is 2. The standard InChI is InChI=1S/C12H10F4N2O2/c13-9-2-1-6(12(14,15)16)3-8(9)11(20)18-7-4-10(19)17-5-7/h1-3,7H,4-5H2,(H,17,19)(H,18,20). The summed E-state index contributed by atoms with van der Waals surface area (Å²) in [5.74, 6) is -2.30. The molecule has 1 fully saturated rings. The van der Waals surface area contributed by atoms with Gasteiger partial charge in [0.15, 0.2) is 0 Å². The number of hydrogen-bond acceptors (Lipinski definition) is 2. The average Bonchev–Trinajstić information content (AvgIpc) is 2.73. The summed E-state index contributed by atoms with van der Waals surface area (Å²) in [7, 11) is 0. The van der Waals surface area contributed by atoms with E-state index in [2.05, 4.69) is 10.6 Å². The molecule has 4 nitrogen and oxygen atoms in total. The fourth-order valence-corrected chi connectivity index (χ4v) is 1.85. The van der Waals surface area contributed by atoms with Gasteiger partial charge in [-0.3, -0.25) is 9.59 Å². The van der Waals surface area contributed by atoms with E-state index in [4.69, 9.17) is 0 Å². The summed E-state index contributed by atoms with van der Waals surface area (Å²) in [5.41, 5.74) is -1.80. The van der Waals surface area contributed by atoms with Gasteiger partial charge in [0.05, 0.1) is 17.2 Å². The lowest BCUT2D eigenvalue weighted by molar-refractivity contribution is -0.137. The fourth-order valence-electron chi connectivity index (χ4n) is 1.85. The monoisotopic (exact) mass is 290 g/mol. The van der Waals surface area contributed by atoms with E-state index in [-0.39, 0.29) is 18.9 Å². The molecule has 1 aliphatic rings. The second-order valence-electron chi connectivity index (χ2n) is 4.37. The molecule has 0 bridgehead atoms. The predicted octanol–water partition coefficient (Wildman–Crippen LogP) is 1.46. The van der Waals surface area contributed by atoms with Crippen molar-refractivity contribution in [3.8, 4) is 0 Å². The molecule has 0 aromatic heterocycles. The summed E-state index contributed by atoms with van der Waals surface area (Å²) in [6.07, 6.45) is -4.64. The Balaban J connectivity index is 2.18. The van der Waals surface area contributed by atoms with Gasteiger partial charge in [0.1, 0.15) is 5.82 Å². The van der Waals surface area contributed by atoms with Crippen molar-refractivity contribution in [2.24, 2.45) is 0 Å². The number of nitrogens with one attached hydrogen (secondary N) is 2. The maximum Gasteiger partial charge on any atom is 0.416 e. The first-order chi connectivity index (χ1) is 9.27. The topological polar surface area (TPSA) is 58.2 Å². The zero-order valence-corrected chi connectivity index (χ0v) is 10.1. The van der Waals surface area contributed by atoms with Crippen LogP contribution in [0.3, 0.4) is 0 Å². The Kier molecular flexibility index (Phi) is 3.65. The van der Waals surface area contributed by atoms with Crippen LogP contribution in [0.5, 0.6) is 0 Å². The van der Waals surface area contributed by atoms with Crippen LogP contribution < -0.4 is 10.6 Å². The van der Waals surface area contributed by atoms with Crippen LogP contribution >= 0.6 is 0 Å². The summed E-state index contributed by atoms with van der Waals surface area (Å²) in [6.45, 7) is 0.172. The van der Waals surface area contributed by atoms with Crippen LogP contribution in [0, 0.1) is 5.82 Å². The lowest BCUT2D eigenvalue weighted by atomic mass is 10.1. The lowest BCUT2D eigenvalue weighted by Gasteiger charge is -2.13. The molecule has 0 spiro atoms. The smallest absolute Gasteiger partial charge is 0.354 e. The molecule has 8 heteroatoms. The highest BCUT2D eigenvalue weighted by molar-refractivity contribution is 5.95. The average molecular weight is 290 g/mol. The molecular weight excluding hydrogens is 280 g/mol. The Bertz CT molecular complexity index is 557. The largest absolute Gasteiger partial charge is 0.416 e. The molecule has 1 saturated heterocycles. The van der Waals surface area contributed by atoms with E-state index in [1.54, 1.807) is 0 Å². The van der Waals surface area contributed by atoms with Gasteiger partial charge in [0, 0.05) is 13.0 Å². The molecule has 0 radical (unpaired) electrons. The number of halogens is 4. The van der Waals surface area contributed by atoms with Crippen LogP contribution in [0.25, 0.3) is 0 Å². The maximum atomic E-state index is 13.4. The van der Waals surface area contributed by atoms with Crippen molar-refractivity contribution < 1.29 is 27.2 Å². The number of rotatable bonds is 2. The summed E-state index contributed by atoms with van der Waals surface area (Å²) in [5, 5.41) is 4.76. The first kappa shape index (κ1) is 14.3. The Morgan fingerprint density at radius 1 is 1.35 bits per heavy atom. The van der Waals surface area contributed by atoms with Crippen molar-refractivity contribution in [3.63, 3.8) is 0 Å². The Hall–Kier alpha value is -2.12. The van der Waals surface area contributed by atoms with Crippen LogP contribution in [-0.2, 0) is 11.0 Å². The molecular formula is C12H10F4N2O2. The van der Waals surface area contributed by atoms with E-state index in [1.165, 1.54) is 0 Å². The summed E-state index contributed by atoms with van der Waals surface area (Å²) >= 11 is 0. The van der Waals surface area contributed by atoms with E-state index < -0.39 is 35.1 Å². The van der Waals surface area contributed by atoms with Gasteiger partial charge in [0.2, 0.25) is 5.91 Å². The van der Waals surface area contributed by atoms with Crippen LogP contribution in [0.15, 0.2) is 18.2 Å². The summed E-state index contributed by atoms with van der Waals surface area (Å²) in [6, 6.07) is 1.06. The van der Waals surface area contributed by atoms with Crippen molar-refractivity contribution >= 4 is 11.8 Å². The van der Waals surface area contributed by atoms with Crippen LogP contribution in [0.1, 0.15) is 22.3 Å². The molecule has 2 amide bonds. The molecule has 0 aliphatic carbocycles. The fraction of sp³-hybridized carbons (Fsp3) is 0.333. The molecule has 1 unspecified atom stereocenters. The minimum atomic E-state index is -4.66. The second-order valence-corrected chi connectivity index (χ2v) is 4.37. The van der Waals surface area contributed by atoms with Gasteiger partial charge in [-0.25, -0.2) is 4.39 Å². The number of hydrogen-bond donors (Lipinski definition) is 2. The normalized spacial score (nSPS) is 18.8. The first-order valence-corrected chi connectivity index (χ1v) is 5.71. The molecule has 1 atom stereocenters. The van der Waals surface area contributed by atoms with Gasteiger partial charge in [-0.05, 0) is 18.2 Å². The highest BCUT2D eigenvalue weighted by atomic mass is 19.4.